The van der Waals surface area contributed by atoms with E-state index in [9.17, 15) is 4.79 Å². The van der Waals surface area contributed by atoms with Gasteiger partial charge in [-0.2, -0.15) is 0 Å². The highest BCUT2D eigenvalue weighted by atomic mass is 16.6. The van der Waals surface area contributed by atoms with Gasteiger partial charge in [-0.05, 0) is 59.8 Å². The number of carbonyl (C=O) groups is 1. The molecule has 25 heavy (non-hydrogen) atoms. The lowest BCUT2D eigenvalue weighted by molar-refractivity contribution is 0.0423. The van der Waals surface area contributed by atoms with E-state index in [0.717, 1.165) is 38.5 Å². The molecule has 0 radical (unpaired) electrons. The van der Waals surface area contributed by atoms with Gasteiger partial charge in [0.2, 0.25) is 0 Å². The average molecular weight is 355 g/mol. The van der Waals surface area contributed by atoms with Crippen LogP contribution in [0.15, 0.2) is 0 Å². The number of amides is 1. The molecule has 1 saturated carbocycles. The van der Waals surface area contributed by atoms with E-state index in [-0.39, 0.29) is 17.7 Å². The molecule has 1 atom stereocenters. The molecule has 1 aliphatic carbocycles. The standard InChI is InChI=1S/C19H38N4O2/c1-18(2,3)25-17(24)21-19(4,5)12-16(13-20)23-10-8-22(9-11-23)14-15-6-7-15/h15-16H,6-14,20H2,1-5H3,(H,21,24). The second-order valence-electron chi connectivity index (χ2n) is 9.38. The Bertz CT molecular complexity index is 435. The molecular formula is C19H38N4O2. The zero-order chi connectivity index (χ0) is 18.7. The lowest BCUT2D eigenvalue weighted by Crippen LogP contribution is -2.56. The van der Waals surface area contributed by atoms with Gasteiger partial charge < -0.3 is 20.7 Å². The number of hydrogen-bond acceptors (Lipinski definition) is 5. The van der Waals surface area contributed by atoms with Gasteiger partial charge in [-0.1, -0.05) is 0 Å². The zero-order valence-electron chi connectivity index (χ0n) is 16.8. The summed E-state index contributed by atoms with van der Waals surface area (Å²) in [5.41, 5.74) is 5.24. The van der Waals surface area contributed by atoms with Crippen LogP contribution in [-0.4, -0.2) is 72.3 Å². The van der Waals surface area contributed by atoms with Gasteiger partial charge in [0.15, 0.2) is 0 Å². The summed E-state index contributed by atoms with van der Waals surface area (Å²) in [6.07, 6.45) is 3.29. The van der Waals surface area contributed by atoms with E-state index in [2.05, 4.69) is 15.1 Å². The van der Waals surface area contributed by atoms with Crippen molar-refractivity contribution in [3.63, 3.8) is 0 Å². The first kappa shape index (κ1) is 20.5. The first-order chi connectivity index (χ1) is 11.6. The van der Waals surface area contributed by atoms with Crippen molar-refractivity contribution in [2.75, 3.05) is 39.3 Å². The van der Waals surface area contributed by atoms with Gasteiger partial charge in [-0.15, -0.1) is 0 Å². The highest BCUT2D eigenvalue weighted by Gasteiger charge is 2.32. The van der Waals surface area contributed by atoms with Crippen LogP contribution in [0.4, 0.5) is 4.79 Å². The maximum absolute atomic E-state index is 12.1. The normalized spacial score (nSPS) is 21.8. The van der Waals surface area contributed by atoms with Crippen molar-refractivity contribution in [3.8, 4) is 0 Å². The van der Waals surface area contributed by atoms with E-state index in [4.69, 9.17) is 10.5 Å². The monoisotopic (exact) mass is 354 g/mol. The molecule has 1 amide bonds. The Balaban J connectivity index is 1.80. The molecule has 2 aliphatic rings. The van der Waals surface area contributed by atoms with E-state index in [0.29, 0.717) is 6.54 Å². The van der Waals surface area contributed by atoms with Crippen molar-refractivity contribution in [3.05, 3.63) is 0 Å². The molecule has 6 nitrogen and oxygen atoms in total. The minimum atomic E-state index is -0.481. The van der Waals surface area contributed by atoms with Crippen molar-refractivity contribution < 1.29 is 9.53 Å². The van der Waals surface area contributed by atoms with Crippen LogP contribution in [0.5, 0.6) is 0 Å². The van der Waals surface area contributed by atoms with Crippen LogP contribution in [0.1, 0.15) is 53.9 Å². The number of alkyl carbamates (subject to hydrolysis) is 1. The molecule has 0 aromatic carbocycles. The highest BCUT2D eigenvalue weighted by molar-refractivity contribution is 5.68. The molecular weight excluding hydrogens is 316 g/mol. The third-order valence-electron chi connectivity index (χ3n) is 4.99. The first-order valence-corrected chi connectivity index (χ1v) is 9.75. The summed E-state index contributed by atoms with van der Waals surface area (Å²) in [6.45, 7) is 16.0. The Morgan fingerprint density at radius 2 is 1.76 bits per heavy atom. The molecule has 0 bridgehead atoms. The minimum absolute atomic E-state index is 0.285. The van der Waals surface area contributed by atoms with Crippen molar-refractivity contribution in [2.24, 2.45) is 11.7 Å². The van der Waals surface area contributed by atoms with E-state index >= 15 is 0 Å². The molecule has 2 rings (SSSR count). The average Bonchev–Trinajstić information content (AvgIpc) is 3.27. The van der Waals surface area contributed by atoms with Crippen LogP contribution in [0.3, 0.4) is 0 Å². The lowest BCUT2D eigenvalue weighted by Gasteiger charge is -2.41. The summed E-state index contributed by atoms with van der Waals surface area (Å²) in [5.74, 6) is 0.953. The predicted molar refractivity (Wildman–Crippen MR) is 102 cm³/mol. The minimum Gasteiger partial charge on any atom is -0.444 e. The molecule has 146 valence electrons. The van der Waals surface area contributed by atoms with Gasteiger partial charge in [0.05, 0.1) is 0 Å². The molecule has 0 aromatic rings. The number of carbonyl (C=O) groups excluding carboxylic acids is 1. The van der Waals surface area contributed by atoms with Gasteiger partial charge in [-0.3, -0.25) is 4.90 Å². The molecule has 1 heterocycles. The summed E-state index contributed by atoms with van der Waals surface area (Å²) < 4.78 is 5.39. The Hall–Kier alpha value is -0.850. The summed E-state index contributed by atoms with van der Waals surface area (Å²) >= 11 is 0. The number of rotatable bonds is 7. The fourth-order valence-electron chi connectivity index (χ4n) is 3.56. The molecule has 3 N–H and O–H groups in total. The molecule has 2 fully saturated rings. The van der Waals surface area contributed by atoms with E-state index in [1.165, 1.54) is 19.4 Å². The molecule has 0 aromatic heterocycles. The Labute approximate surface area is 153 Å². The number of ether oxygens (including phenoxy) is 1. The Kier molecular flexibility index (Phi) is 6.74. The maximum Gasteiger partial charge on any atom is 0.408 e. The lowest BCUT2D eigenvalue weighted by atomic mass is 9.94. The number of nitrogens with one attached hydrogen (secondary N) is 1. The summed E-state index contributed by atoms with van der Waals surface area (Å²) in [6, 6.07) is 0.285. The van der Waals surface area contributed by atoms with Crippen LogP contribution in [-0.2, 0) is 4.74 Å². The number of hydrogen-bond donors (Lipinski definition) is 2. The van der Waals surface area contributed by atoms with Gasteiger partial charge in [0.1, 0.15) is 5.60 Å². The van der Waals surface area contributed by atoms with E-state index < -0.39 is 5.60 Å². The summed E-state index contributed by atoms with van der Waals surface area (Å²) in [5, 5.41) is 3.01. The zero-order valence-corrected chi connectivity index (χ0v) is 16.8. The van der Waals surface area contributed by atoms with Crippen molar-refractivity contribution in [1.82, 2.24) is 15.1 Å². The third-order valence-corrected chi connectivity index (χ3v) is 4.99. The Morgan fingerprint density at radius 3 is 2.24 bits per heavy atom. The smallest absolute Gasteiger partial charge is 0.408 e. The second kappa shape index (κ2) is 8.23. The SMILES string of the molecule is CC(C)(CC(CN)N1CCN(CC2CC2)CC1)NC(=O)OC(C)(C)C. The summed E-state index contributed by atoms with van der Waals surface area (Å²) in [4.78, 5) is 17.2. The van der Waals surface area contributed by atoms with Crippen molar-refractivity contribution in [1.29, 1.82) is 0 Å². The fourth-order valence-corrected chi connectivity index (χ4v) is 3.56. The molecule has 1 aliphatic heterocycles. The van der Waals surface area contributed by atoms with Gasteiger partial charge in [-0.25, -0.2) is 4.79 Å². The van der Waals surface area contributed by atoms with Gasteiger partial charge in [0, 0.05) is 50.8 Å². The molecule has 6 heteroatoms. The number of nitrogens with zero attached hydrogens (tertiary/aromatic N) is 2. The second-order valence-corrected chi connectivity index (χ2v) is 9.38. The van der Waals surface area contributed by atoms with Crippen LogP contribution < -0.4 is 11.1 Å². The topological polar surface area (TPSA) is 70.8 Å². The van der Waals surface area contributed by atoms with Crippen LogP contribution in [0.25, 0.3) is 0 Å². The molecule has 0 spiro atoms. The summed E-state index contributed by atoms with van der Waals surface area (Å²) in [7, 11) is 0. The predicted octanol–water partition coefficient (Wildman–Crippen LogP) is 2.03. The van der Waals surface area contributed by atoms with Crippen molar-refractivity contribution in [2.45, 2.75) is 71.1 Å². The van der Waals surface area contributed by atoms with Crippen LogP contribution in [0, 0.1) is 5.92 Å². The van der Waals surface area contributed by atoms with Crippen molar-refractivity contribution >= 4 is 6.09 Å². The molecule has 1 saturated heterocycles. The van der Waals surface area contributed by atoms with E-state index in [1.54, 1.807) is 0 Å². The van der Waals surface area contributed by atoms with Gasteiger partial charge in [0.25, 0.3) is 0 Å². The van der Waals surface area contributed by atoms with E-state index in [1.807, 2.05) is 34.6 Å². The number of nitrogens with two attached hydrogens (primary N) is 1. The highest BCUT2D eigenvalue weighted by Crippen LogP contribution is 2.30. The Morgan fingerprint density at radius 1 is 1.16 bits per heavy atom. The third kappa shape index (κ3) is 7.50. The first-order valence-electron chi connectivity index (χ1n) is 9.75. The maximum atomic E-state index is 12.1. The largest absolute Gasteiger partial charge is 0.444 e. The quantitative estimate of drug-likeness (QED) is 0.732. The molecule has 1 unspecified atom stereocenters. The fraction of sp³-hybridized carbons (Fsp3) is 0.947. The van der Waals surface area contributed by atoms with Gasteiger partial charge >= 0.3 is 6.09 Å². The van der Waals surface area contributed by atoms with Crippen LogP contribution in [0.2, 0.25) is 0 Å². The number of piperazine rings is 1. The van der Waals surface area contributed by atoms with Crippen LogP contribution >= 0.6 is 0 Å².